The molecule has 3 amide bonds. The van der Waals surface area contributed by atoms with Crippen molar-refractivity contribution in [1.82, 2.24) is 21.3 Å². The van der Waals surface area contributed by atoms with Crippen LogP contribution in [0, 0.1) is 0 Å². The van der Waals surface area contributed by atoms with Crippen molar-refractivity contribution in [3.05, 3.63) is 0 Å². The molecule has 0 unspecified atom stereocenters. The predicted octanol–water partition coefficient (Wildman–Crippen LogP) is -3.12. The molecule has 0 saturated heterocycles. The van der Waals surface area contributed by atoms with Gasteiger partial charge in [-0.2, -0.15) is 0 Å². The Bertz CT molecular complexity index is 570. The summed E-state index contributed by atoms with van der Waals surface area (Å²) in [5.41, 5.74) is 16.2. The van der Waals surface area contributed by atoms with Crippen molar-refractivity contribution < 1.29 is 33.7 Å². The number of carbonyl (C=O) groups is 3. The van der Waals surface area contributed by atoms with Crippen molar-refractivity contribution in [3.8, 4) is 0 Å². The highest BCUT2D eigenvalue weighted by atomic mass is 16.5. The number of aliphatic hydroxyl groups is 1. The lowest BCUT2D eigenvalue weighted by Crippen LogP contribution is -2.53. The lowest BCUT2D eigenvalue weighted by molar-refractivity contribution is -0.122. The first kappa shape index (κ1) is 35.1. The maximum atomic E-state index is 11.9. The van der Waals surface area contributed by atoms with E-state index >= 15 is 0 Å². The van der Waals surface area contributed by atoms with Crippen LogP contribution in [0.2, 0.25) is 0 Å². The van der Waals surface area contributed by atoms with E-state index in [4.69, 9.17) is 36.5 Å². The highest BCUT2D eigenvalue weighted by molar-refractivity contribution is 5.76. The van der Waals surface area contributed by atoms with Crippen LogP contribution in [-0.4, -0.2) is 114 Å². The average molecular weight is 536 g/mol. The van der Waals surface area contributed by atoms with E-state index < -0.39 is 5.54 Å². The Hall–Kier alpha value is -1.91. The minimum atomic E-state index is -1.03. The monoisotopic (exact) mass is 535 g/mol. The molecular weight excluding hydrogens is 486 g/mol. The highest BCUT2D eigenvalue weighted by Gasteiger charge is 2.27. The molecule has 0 radical (unpaired) electrons. The van der Waals surface area contributed by atoms with Crippen molar-refractivity contribution >= 4 is 17.7 Å². The average Bonchev–Trinajstić information content (AvgIpc) is 2.87. The molecule has 0 bridgehead atoms. The molecule has 0 aromatic carbocycles. The summed E-state index contributed by atoms with van der Waals surface area (Å²) in [5, 5.41) is 19.7. The summed E-state index contributed by atoms with van der Waals surface area (Å²) in [4.78, 5) is 35.5. The van der Waals surface area contributed by atoms with Gasteiger partial charge < -0.3 is 52.5 Å². The molecule has 0 atom stereocenters. The summed E-state index contributed by atoms with van der Waals surface area (Å²) in [6.07, 6.45) is 2.63. The van der Waals surface area contributed by atoms with Gasteiger partial charge in [0.2, 0.25) is 17.7 Å². The topological polar surface area (TPSA) is 225 Å². The fourth-order valence-corrected chi connectivity index (χ4v) is 2.89. The molecule has 0 aliphatic rings. The first-order valence-electron chi connectivity index (χ1n) is 12.9. The van der Waals surface area contributed by atoms with Crippen LogP contribution in [-0.2, 0) is 28.6 Å². The van der Waals surface area contributed by atoms with Gasteiger partial charge in [0.15, 0.2) is 0 Å². The number of hydrogen-bond acceptors (Lipinski definition) is 11. The van der Waals surface area contributed by atoms with Gasteiger partial charge >= 0.3 is 0 Å². The van der Waals surface area contributed by atoms with Gasteiger partial charge in [-0.3, -0.25) is 19.7 Å². The van der Waals surface area contributed by atoms with E-state index in [2.05, 4.69) is 21.3 Å². The molecule has 37 heavy (non-hydrogen) atoms. The Balaban J connectivity index is 4.41. The number of carbonyl (C=O) groups excluding carboxylic acids is 3. The SMILES string of the molecule is NCCCNC(=O)CCOCC(N)(COCCC(=O)NCCCN)COCCC(=O)NCCCNCO. The quantitative estimate of drug-likeness (QED) is 0.0408. The smallest absolute Gasteiger partial charge is 0.222 e. The molecule has 0 fully saturated rings. The highest BCUT2D eigenvalue weighted by Crippen LogP contribution is 2.06. The number of nitrogens with two attached hydrogens (primary N) is 3. The first-order valence-corrected chi connectivity index (χ1v) is 12.9. The van der Waals surface area contributed by atoms with Gasteiger partial charge in [-0.1, -0.05) is 0 Å². The summed E-state index contributed by atoms with van der Waals surface area (Å²) < 4.78 is 16.9. The van der Waals surface area contributed by atoms with E-state index in [1.807, 2.05) is 0 Å². The molecule has 0 spiro atoms. The van der Waals surface area contributed by atoms with Crippen LogP contribution in [0.25, 0.3) is 0 Å². The third-order valence-electron chi connectivity index (χ3n) is 4.96. The molecule has 0 heterocycles. The van der Waals surface area contributed by atoms with Gasteiger partial charge in [0.05, 0.1) is 51.9 Å². The number of hydrogen-bond donors (Lipinski definition) is 8. The Morgan fingerprint density at radius 2 is 1.03 bits per heavy atom. The molecule has 14 heteroatoms. The number of nitrogens with one attached hydrogen (secondary N) is 4. The molecule has 0 aliphatic heterocycles. The molecular formula is C23H49N7O7. The third-order valence-corrected chi connectivity index (χ3v) is 4.96. The zero-order valence-electron chi connectivity index (χ0n) is 22.1. The van der Waals surface area contributed by atoms with Crippen LogP contribution in [0.4, 0.5) is 0 Å². The van der Waals surface area contributed by atoms with Gasteiger partial charge in [0.1, 0.15) is 0 Å². The largest absolute Gasteiger partial charge is 0.381 e. The van der Waals surface area contributed by atoms with Crippen molar-refractivity contribution in [2.45, 2.75) is 44.1 Å². The lowest BCUT2D eigenvalue weighted by Gasteiger charge is -2.29. The fraction of sp³-hybridized carbons (Fsp3) is 0.870. The maximum Gasteiger partial charge on any atom is 0.222 e. The molecule has 0 aromatic rings. The molecule has 0 aliphatic carbocycles. The molecule has 14 nitrogen and oxygen atoms in total. The van der Waals surface area contributed by atoms with Crippen molar-refractivity contribution in [3.63, 3.8) is 0 Å². The van der Waals surface area contributed by atoms with Crippen LogP contribution in [0.5, 0.6) is 0 Å². The van der Waals surface area contributed by atoms with E-state index in [-0.39, 0.29) is 83.4 Å². The molecule has 11 N–H and O–H groups in total. The lowest BCUT2D eigenvalue weighted by atomic mass is 10.1. The van der Waals surface area contributed by atoms with Crippen LogP contribution >= 0.6 is 0 Å². The number of rotatable bonds is 26. The summed E-state index contributed by atoms with van der Waals surface area (Å²) >= 11 is 0. The Morgan fingerprint density at radius 3 is 1.38 bits per heavy atom. The third kappa shape index (κ3) is 23.0. The van der Waals surface area contributed by atoms with Crippen LogP contribution in [0.3, 0.4) is 0 Å². The maximum absolute atomic E-state index is 11.9. The second kappa shape index (κ2) is 24.4. The summed E-state index contributed by atoms with van der Waals surface area (Å²) in [6, 6.07) is 0. The van der Waals surface area contributed by atoms with E-state index in [1.54, 1.807) is 0 Å². The minimum Gasteiger partial charge on any atom is -0.381 e. The Kier molecular flexibility index (Phi) is 23.2. The van der Waals surface area contributed by atoms with E-state index in [0.717, 1.165) is 0 Å². The second-order valence-electron chi connectivity index (χ2n) is 8.62. The first-order chi connectivity index (χ1) is 17.9. The molecule has 218 valence electrons. The standard InChI is InChI=1S/C23H49N7O7/c24-7-1-10-28-20(32)4-13-35-16-23(26,17-36-14-5-21(33)29-11-2-8-25)18-37-15-6-22(34)30-12-3-9-27-19-31/h27,31H,1-19,24-26H2,(H,28,32)(H,29,33)(H,30,34). The zero-order valence-corrected chi connectivity index (χ0v) is 22.1. The van der Waals surface area contributed by atoms with Crippen molar-refractivity contribution in [2.24, 2.45) is 17.2 Å². The van der Waals surface area contributed by atoms with E-state index in [0.29, 0.717) is 58.5 Å². The summed E-state index contributed by atoms with van der Waals surface area (Å²) in [7, 11) is 0. The Morgan fingerprint density at radius 1 is 0.649 bits per heavy atom. The Labute approximate surface area is 220 Å². The van der Waals surface area contributed by atoms with E-state index in [1.165, 1.54) is 0 Å². The van der Waals surface area contributed by atoms with Gasteiger partial charge in [0, 0.05) is 38.9 Å². The minimum absolute atomic E-state index is 0.0616. The fourth-order valence-electron chi connectivity index (χ4n) is 2.89. The van der Waals surface area contributed by atoms with Gasteiger partial charge in [-0.15, -0.1) is 0 Å². The predicted molar refractivity (Wildman–Crippen MR) is 139 cm³/mol. The van der Waals surface area contributed by atoms with Crippen LogP contribution in [0.1, 0.15) is 38.5 Å². The molecule has 0 aromatic heterocycles. The number of amides is 3. The molecule has 0 saturated carbocycles. The van der Waals surface area contributed by atoms with Gasteiger partial charge in [-0.25, -0.2) is 0 Å². The van der Waals surface area contributed by atoms with E-state index in [9.17, 15) is 14.4 Å². The van der Waals surface area contributed by atoms with Gasteiger partial charge in [0.25, 0.3) is 0 Å². The van der Waals surface area contributed by atoms with Crippen LogP contribution < -0.4 is 38.5 Å². The van der Waals surface area contributed by atoms with Crippen molar-refractivity contribution in [1.29, 1.82) is 0 Å². The summed E-state index contributed by atoms with van der Waals surface area (Å²) in [5.74, 6) is -0.426. The number of aliphatic hydroxyl groups excluding tert-OH is 1. The van der Waals surface area contributed by atoms with Crippen molar-refractivity contribution in [2.75, 3.05) is 85.6 Å². The van der Waals surface area contributed by atoms with Crippen LogP contribution in [0.15, 0.2) is 0 Å². The van der Waals surface area contributed by atoms with Gasteiger partial charge in [-0.05, 0) is 38.9 Å². The number of ether oxygens (including phenoxy) is 3. The summed E-state index contributed by atoms with van der Waals surface area (Å²) in [6.45, 7) is 3.74. The second-order valence-corrected chi connectivity index (χ2v) is 8.62. The normalized spacial score (nSPS) is 11.4. The molecule has 0 rings (SSSR count). The zero-order chi connectivity index (χ0) is 27.6.